The molecule has 0 aliphatic heterocycles. The predicted octanol–water partition coefficient (Wildman–Crippen LogP) is 2.49. The van der Waals surface area contributed by atoms with Crippen LogP contribution in [-0.4, -0.2) is 9.97 Å². The van der Waals surface area contributed by atoms with Crippen LogP contribution in [0, 0.1) is 5.82 Å². The Bertz CT molecular complexity index is 445. The van der Waals surface area contributed by atoms with Gasteiger partial charge < -0.3 is 5.73 Å². The summed E-state index contributed by atoms with van der Waals surface area (Å²) in [7, 11) is 0. The van der Waals surface area contributed by atoms with E-state index in [1.54, 1.807) is 24.4 Å². The highest BCUT2D eigenvalue weighted by atomic mass is 32.2. The second-order valence-corrected chi connectivity index (χ2v) is 4.09. The van der Waals surface area contributed by atoms with E-state index in [1.165, 1.54) is 24.0 Å². The minimum Gasteiger partial charge on any atom is -0.381 e. The topological polar surface area (TPSA) is 51.8 Å². The van der Waals surface area contributed by atoms with E-state index >= 15 is 0 Å². The predicted molar refractivity (Wildman–Crippen MR) is 62.4 cm³/mol. The molecule has 0 aliphatic carbocycles. The summed E-state index contributed by atoms with van der Waals surface area (Å²) in [5.41, 5.74) is 6.27. The third-order valence-corrected chi connectivity index (χ3v) is 3.06. The highest BCUT2D eigenvalue weighted by molar-refractivity contribution is 7.98. The number of nitrogens with zero attached hydrogens (tertiary/aromatic N) is 2. The van der Waals surface area contributed by atoms with Crippen LogP contribution in [0.1, 0.15) is 5.56 Å². The van der Waals surface area contributed by atoms with Gasteiger partial charge in [-0.25, -0.2) is 14.4 Å². The molecule has 0 amide bonds. The van der Waals surface area contributed by atoms with Crippen molar-refractivity contribution in [3.05, 3.63) is 48.0 Å². The van der Waals surface area contributed by atoms with Crippen LogP contribution in [0.25, 0.3) is 0 Å². The number of halogens is 1. The minimum absolute atomic E-state index is 0.211. The fourth-order valence-electron chi connectivity index (χ4n) is 1.21. The first-order valence-electron chi connectivity index (χ1n) is 4.70. The second kappa shape index (κ2) is 4.94. The summed E-state index contributed by atoms with van der Waals surface area (Å²) in [4.78, 5) is 7.99. The smallest absolute Gasteiger partial charge is 0.156 e. The average molecular weight is 235 g/mol. The first-order valence-corrected chi connectivity index (χ1v) is 5.68. The number of anilines is 1. The van der Waals surface area contributed by atoms with Gasteiger partial charge in [-0.2, -0.15) is 0 Å². The maximum Gasteiger partial charge on any atom is 0.156 e. The van der Waals surface area contributed by atoms with Crippen LogP contribution in [0.15, 0.2) is 41.7 Å². The fourth-order valence-corrected chi connectivity index (χ4v) is 2.07. The van der Waals surface area contributed by atoms with E-state index in [4.69, 9.17) is 5.73 Å². The fraction of sp³-hybridized carbons (Fsp3) is 0.0909. The number of hydrogen-bond donors (Lipinski definition) is 1. The van der Waals surface area contributed by atoms with Crippen molar-refractivity contribution in [1.82, 2.24) is 9.97 Å². The summed E-state index contributed by atoms with van der Waals surface area (Å²) in [5.74, 6) is 0.663. The van der Waals surface area contributed by atoms with Crippen LogP contribution >= 0.6 is 11.8 Å². The molecule has 1 aromatic carbocycles. The van der Waals surface area contributed by atoms with E-state index in [1.807, 2.05) is 0 Å². The number of benzene rings is 1. The Morgan fingerprint density at radius 2 is 1.94 bits per heavy atom. The Balaban J connectivity index is 2.09. The summed E-state index contributed by atoms with van der Waals surface area (Å²) in [6.45, 7) is 0. The molecule has 0 saturated carbocycles. The zero-order chi connectivity index (χ0) is 11.4. The van der Waals surface area contributed by atoms with Gasteiger partial charge in [0.05, 0.1) is 0 Å². The molecular formula is C11H10FN3S. The molecule has 3 nitrogen and oxygen atoms in total. The number of thioether (sulfide) groups is 1. The zero-order valence-corrected chi connectivity index (χ0v) is 9.25. The third-order valence-electron chi connectivity index (χ3n) is 2.01. The molecule has 0 unspecified atom stereocenters. The molecule has 0 saturated heterocycles. The van der Waals surface area contributed by atoms with Crippen LogP contribution < -0.4 is 5.73 Å². The van der Waals surface area contributed by atoms with E-state index in [-0.39, 0.29) is 5.82 Å². The molecule has 0 spiro atoms. The Morgan fingerprint density at radius 3 is 2.69 bits per heavy atom. The van der Waals surface area contributed by atoms with E-state index < -0.39 is 0 Å². The molecule has 0 bridgehead atoms. The molecule has 16 heavy (non-hydrogen) atoms. The number of nitrogens with two attached hydrogens (primary N) is 1. The van der Waals surface area contributed by atoms with Crippen molar-refractivity contribution in [2.75, 3.05) is 5.73 Å². The van der Waals surface area contributed by atoms with Crippen LogP contribution in [0.5, 0.6) is 0 Å². The molecule has 0 aliphatic rings. The molecule has 0 atom stereocenters. The van der Waals surface area contributed by atoms with Gasteiger partial charge in [0.2, 0.25) is 0 Å². The zero-order valence-electron chi connectivity index (χ0n) is 8.43. The van der Waals surface area contributed by atoms with Crippen LogP contribution in [0.3, 0.4) is 0 Å². The lowest BCUT2D eigenvalue weighted by molar-refractivity contribution is 0.617. The summed E-state index contributed by atoms with van der Waals surface area (Å²) in [6, 6.07) is 6.66. The number of nitrogen functional groups attached to an aromatic ring is 1. The van der Waals surface area contributed by atoms with E-state index in [2.05, 4.69) is 9.97 Å². The van der Waals surface area contributed by atoms with Crippen molar-refractivity contribution in [2.24, 2.45) is 0 Å². The Morgan fingerprint density at radius 1 is 1.19 bits per heavy atom. The SMILES string of the molecule is Nc1nccnc1SCc1ccccc1F. The maximum absolute atomic E-state index is 13.3. The maximum atomic E-state index is 13.3. The monoisotopic (exact) mass is 235 g/mol. The number of hydrogen-bond acceptors (Lipinski definition) is 4. The summed E-state index contributed by atoms with van der Waals surface area (Å²) < 4.78 is 13.3. The van der Waals surface area contributed by atoms with Gasteiger partial charge in [-0.3, -0.25) is 0 Å². The highest BCUT2D eigenvalue weighted by Gasteiger charge is 2.05. The van der Waals surface area contributed by atoms with E-state index in [9.17, 15) is 4.39 Å². The largest absolute Gasteiger partial charge is 0.381 e. The normalized spacial score (nSPS) is 10.3. The van der Waals surface area contributed by atoms with Crippen molar-refractivity contribution in [1.29, 1.82) is 0 Å². The van der Waals surface area contributed by atoms with Gasteiger partial charge in [-0.05, 0) is 11.6 Å². The van der Waals surface area contributed by atoms with Gasteiger partial charge in [0, 0.05) is 18.1 Å². The highest BCUT2D eigenvalue weighted by Crippen LogP contribution is 2.24. The van der Waals surface area contributed by atoms with Gasteiger partial charge >= 0.3 is 0 Å². The molecule has 82 valence electrons. The van der Waals surface area contributed by atoms with Crippen molar-refractivity contribution < 1.29 is 4.39 Å². The van der Waals surface area contributed by atoms with Crippen molar-refractivity contribution in [2.45, 2.75) is 10.8 Å². The molecule has 5 heteroatoms. The summed E-state index contributed by atoms with van der Waals surface area (Å²) >= 11 is 1.38. The lowest BCUT2D eigenvalue weighted by Gasteiger charge is -2.03. The number of aromatic nitrogens is 2. The Hall–Kier alpha value is -1.62. The number of rotatable bonds is 3. The minimum atomic E-state index is -0.211. The molecule has 1 heterocycles. The summed E-state index contributed by atoms with van der Waals surface area (Å²) in [6.07, 6.45) is 3.10. The van der Waals surface area contributed by atoms with Gasteiger partial charge in [-0.15, -0.1) is 0 Å². The van der Waals surface area contributed by atoms with Crippen LogP contribution in [-0.2, 0) is 5.75 Å². The lowest BCUT2D eigenvalue weighted by atomic mass is 10.2. The third kappa shape index (κ3) is 2.49. The van der Waals surface area contributed by atoms with Gasteiger partial charge in [0.25, 0.3) is 0 Å². The quantitative estimate of drug-likeness (QED) is 0.830. The van der Waals surface area contributed by atoms with E-state index in [0.29, 0.717) is 22.2 Å². The molecule has 2 aromatic rings. The molecule has 2 N–H and O–H groups in total. The van der Waals surface area contributed by atoms with Crippen molar-refractivity contribution >= 4 is 17.6 Å². The molecule has 1 aromatic heterocycles. The first-order chi connectivity index (χ1) is 7.77. The van der Waals surface area contributed by atoms with Crippen molar-refractivity contribution in [3.63, 3.8) is 0 Å². The van der Waals surface area contributed by atoms with Crippen LogP contribution in [0.2, 0.25) is 0 Å². The Labute approximate surface area is 96.9 Å². The van der Waals surface area contributed by atoms with E-state index in [0.717, 1.165) is 0 Å². The standard InChI is InChI=1S/C11H10FN3S/c12-9-4-2-1-3-8(9)7-16-11-10(13)14-5-6-15-11/h1-6H,7H2,(H2,13,14). The molecular weight excluding hydrogens is 225 g/mol. The molecule has 0 radical (unpaired) electrons. The molecule has 0 fully saturated rings. The summed E-state index contributed by atoms with van der Waals surface area (Å²) in [5, 5.41) is 0.630. The van der Waals surface area contributed by atoms with Gasteiger partial charge in [-0.1, -0.05) is 30.0 Å². The van der Waals surface area contributed by atoms with Gasteiger partial charge in [0.15, 0.2) is 5.82 Å². The lowest BCUT2D eigenvalue weighted by Crippen LogP contribution is -1.95. The average Bonchev–Trinajstić information content (AvgIpc) is 2.30. The van der Waals surface area contributed by atoms with Crippen molar-refractivity contribution in [3.8, 4) is 0 Å². The molecule has 2 rings (SSSR count). The first kappa shape index (κ1) is 10.9. The van der Waals surface area contributed by atoms with Gasteiger partial charge in [0.1, 0.15) is 10.8 Å². The Kier molecular flexibility index (Phi) is 3.36. The van der Waals surface area contributed by atoms with Crippen LogP contribution in [0.4, 0.5) is 10.2 Å². The second-order valence-electron chi connectivity index (χ2n) is 3.13.